The van der Waals surface area contributed by atoms with E-state index in [1.807, 2.05) is 18.2 Å². The second kappa shape index (κ2) is 7.92. The van der Waals surface area contributed by atoms with Crippen molar-refractivity contribution in [2.45, 2.75) is 12.6 Å². The molecule has 0 fully saturated rings. The predicted molar refractivity (Wildman–Crippen MR) is 69.1 cm³/mol. The molecule has 0 radical (unpaired) electrons. The SMILES string of the molecule is COCC(O)CNCc1ccc(OC)c(OC)c1. The van der Waals surface area contributed by atoms with Gasteiger partial charge in [-0.05, 0) is 17.7 Å². The highest BCUT2D eigenvalue weighted by molar-refractivity contribution is 5.42. The molecule has 1 atom stereocenters. The van der Waals surface area contributed by atoms with Gasteiger partial charge in [-0.1, -0.05) is 6.07 Å². The highest BCUT2D eigenvalue weighted by Crippen LogP contribution is 2.27. The van der Waals surface area contributed by atoms with Crippen molar-refractivity contribution in [3.05, 3.63) is 23.8 Å². The number of nitrogens with one attached hydrogen (secondary N) is 1. The van der Waals surface area contributed by atoms with Crippen LogP contribution in [-0.4, -0.2) is 45.7 Å². The second-order valence-corrected chi connectivity index (χ2v) is 3.93. The fourth-order valence-electron chi connectivity index (χ4n) is 1.63. The number of rotatable bonds is 8. The smallest absolute Gasteiger partial charge is 0.161 e. The Morgan fingerprint density at radius 2 is 1.89 bits per heavy atom. The van der Waals surface area contributed by atoms with Gasteiger partial charge in [0.15, 0.2) is 11.5 Å². The van der Waals surface area contributed by atoms with E-state index in [-0.39, 0.29) is 0 Å². The molecule has 0 bridgehead atoms. The van der Waals surface area contributed by atoms with E-state index < -0.39 is 6.10 Å². The highest BCUT2D eigenvalue weighted by atomic mass is 16.5. The molecular formula is C13H21NO4. The number of hydrogen-bond acceptors (Lipinski definition) is 5. The Kier molecular flexibility index (Phi) is 6.49. The Hall–Kier alpha value is -1.30. The van der Waals surface area contributed by atoms with Gasteiger partial charge in [0.2, 0.25) is 0 Å². The van der Waals surface area contributed by atoms with Crippen molar-refractivity contribution >= 4 is 0 Å². The number of benzene rings is 1. The van der Waals surface area contributed by atoms with Crippen LogP contribution >= 0.6 is 0 Å². The first-order valence-electron chi connectivity index (χ1n) is 5.80. The molecule has 0 aliphatic carbocycles. The van der Waals surface area contributed by atoms with Gasteiger partial charge in [0, 0.05) is 20.2 Å². The molecule has 0 amide bonds. The molecule has 5 heteroatoms. The maximum absolute atomic E-state index is 9.48. The lowest BCUT2D eigenvalue weighted by atomic mass is 10.2. The number of methoxy groups -OCH3 is 3. The van der Waals surface area contributed by atoms with Gasteiger partial charge in [0.05, 0.1) is 26.9 Å². The standard InChI is InChI=1S/C13H21NO4/c1-16-9-11(15)8-14-7-10-4-5-12(17-2)13(6-10)18-3/h4-6,11,14-15H,7-9H2,1-3H3. The van der Waals surface area contributed by atoms with Crippen molar-refractivity contribution in [3.63, 3.8) is 0 Å². The molecule has 1 rings (SSSR count). The van der Waals surface area contributed by atoms with E-state index in [2.05, 4.69) is 5.32 Å². The Labute approximate surface area is 108 Å². The summed E-state index contributed by atoms with van der Waals surface area (Å²) in [5.74, 6) is 1.41. The number of aliphatic hydroxyl groups is 1. The highest BCUT2D eigenvalue weighted by Gasteiger charge is 2.05. The summed E-state index contributed by atoms with van der Waals surface area (Å²) in [7, 11) is 4.78. The summed E-state index contributed by atoms with van der Waals surface area (Å²) in [6.07, 6.45) is -0.491. The molecule has 18 heavy (non-hydrogen) atoms. The Morgan fingerprint density at radius 3 is 2.50 bits per heavy atom. The molecule has 2 N–H and O–H groups in total. The average molecular weight is 255 g/mol. The third kappa shape index (κ3) is 4.52. The van der Waals surface area contributed by atoms with E-state index in [4.69, 9.17) is 14.2 Å². The molecule has 5 nitrogen and oxygen atoms in total. The zero-order valence-electron chi connectivity index (χ0n) is 11.1. The molecular weight excluding hydrogens is 234 g/mol. The summed E-state index contributed by atoms with van der Waals surface area (Å²) < 4.78 is 15.2. The monoisotopic (exact) mass is 255 g/mol. The van der Waals surface area contributed by atoms with Gasteiger partial charge >= 0.3 is 0 Å². The lowest BCUT2D eigenvalue weighted by molar-refractivity contribution is 0.0644. The molecule has 0 spiro atoms. The topological polar surface area (TPSA) is 60.0 Å². The molecule has 102 valence electrons. The number of ether oxygens (including phenoxy) is 3. The molecule has 1 unspecified atom stereocenters. The van der Waals surface area contributed by atoms with Crippen LogP contribution in [0, 0.1) is 0 Å². The molecule has 0 aliphatic heterocycles. The van der Waals surface area contributed by atoms with Crippen LogP contribution in [0.25, 0.3) is 0 Å². The molecule has 0 aromatic heterocycles. The minimum Gasteiger partial charge on any atom is -0.493 e. The Morgan fingerprint density at radius 1 is 1.17 bits per heavy atom. The van der Waals surface area contributed by atoms with Gasteiger partial charge in [-0.3, -0.25) is 0 Å². The van der Waals surface area contributed by atoms with Crippen molar-refractivity contribution in [1.82, 2.24) is 5.32 Å². The van der Waals surface area contributed by atoms with Gasteiger partial charge in [-0.25, -0.2) is 0 Å². The van der Waals surface area contributed by atoms with Crippen LogP contribution in [0.4, 0.5) is 0 Å². The maximum Gasteiger partial charge on any atom is 0.161 e. The van der Waals surface area contributed by atoms with Crippen LogP contribution in [0.2, 0.25) is 0 Å². The fraction of sp³-hybridized carbons (Fsp3) is 0.538. The van der Waals surface area contributed by atoms with Crippen molar-refractivity contribution < 1.29 is 19.3 Å². The van der Waals surface area contributed by atoms with Crippen molar-refractivity contribution in [2.75, 3.05) is 34.5 Å². The Balaban J connectivity index is 2.47. The summed E-state index contributed by atoms with van der Waals surface area (Å²) in [4.78, 5) is 0. The van der Waals surface area contributed by atoms with Gasteiger partial charge in [0.25, 0.3) is 0 Å². The molecule has 1 aromatic carbocycles. The molecule has 0 aliphatic rings. The van der Waals surface area contributed by atoms with E-state index >= 15 is 0 Å². The van der Waals surface area contributed by atoms with Crippen LogP contribution in [0.3, 0.4) is 0 Å². The quantitative estimate of drug-likeness (QED) is 0.719. The largest absolute Gasteiger partial charge is 0.493 e. The van der Waals surface area contributed by atoms with E-state index in [9.17, 15) is 5.11 Å². The third-order valence-electron chi connectivity index (χ3n) is 2.52. The summed E-state index contributed by atoms with van der Waals surface area (Å²) in [6, 6.07) is 5.73. The first-order chi connectivity index (χ1) is 8.71. The van der Waals surface area contributed by atoms with Crippen molar-refractivity contribution in [2.24, 2.45) is 0 Å². The summed E-state index contributed by atoms with van der Waals surface area (Å²) in [5, 5.41) is 12.6. The van der Waals surface area contributed by atoms with Gasteiger partial charge in [0.1, 0.15) is 0 Å². The lowest BCUT2D eigenvalue weighted by Gasteiger charge is -2.12. The van der Waals surface area contributed by atoms with E-state index in [1.165, 1.54) is 0 Å². The van der Waals surface area contributed by atoms with Gasteiger partial charge in [-0.2, -0.15) is 0 Å². The van der Waals surface area contributed by atoms with Crippen LogP contribution in [0.1, 0.15) is 5.56 Å². The fourth-order valence-corrected chi connectivity index (χ4v) is 1.63. The van der Waals surface area contributed by atoms with Crippen molar-refractivity contribution in [3.8, 4) is 11.5 Å². The third-order valence-corrected chi connectivity index (χ3v) is 2.52. The zero-order valence-corrected chi connectivity index (χ0v) is 11.1. The van der Waals surface area contributed by atoms with Gasteiger partial charge < -0.3 is 24.6 Å². The minimum atomic E-state index is -0.491. The van der Waals surface area contributed by atoms with Crippen LogP contribution in [0.5, 0.6) is 11.5 Å². The number of aliphatic hydroxyl groups excluding tert-OH is 1. The zero-order chi connectivity index (χ0) is 13.4. The van der Waals surface area contributed by atoms with Crippen LogP contribution < -0.4 is 14.8 Å². The second-order valence-electron chi connectivity index (χ2n) is 3.93. The van der Waals surface area contributed by atoms with Crippen LogP contribution in [0.15, 0.2) is 18.2 Å². The van der Waals surface area contributed by atoms with Crippen molar-refractivity contribution in [1.29, 1.82) is 0 Å². The molecule has 0 saturated heterocycles. The summed E-state index contributed by atoms with van der Waals surface area (Å²) in [5.41, 5.74) is 1.07. The number of hydrogen-bond donors (Lipinski definition) is 2. The molecule has 0 heterocycles. The Bertz CT molecular complexity index is 357. The predicted octanol–water partition coefficient (Wildman–Crippen LogP) is 0.801. The minimum absolute atomic E-state index is 0.332. The van der Waals surface area contributed by atoms with Crippen LogP contribution in [-0.2, 0) is 11.3 Å². The molecule has 0 saturated carbocycles. The summed E-state index contributed by atoms with van der Waals surface area (Å²) in [6.45, 7) is 1.47. The average Bonchev–Trinajstić information content (AvgIpc) is 2.38. The lowest BCUT2D eigenvalue weighted by Crippen LogP contribution is -2.29. The summed E-state index contributed by atoms with van der Waals surface area (Å²) >= 11 is 0. The van der Waals surface area contributed by atoms with E-state index in [0.29, 0.717) is 31.2 Å². The van der Waals surface area contributed by atoms with Gasteiger partial charge in [-0.15, -0.1) is 0 Å². The first kappa shape index (κ1) is 14.8. The normalized spacial score (nSPS) is 12.2. The maximum atomic E-state index is 9.48. The molecule has 1 aromatic rings. The first-order valence-corrected chi connectivity index (χ1v) is 5.80. The van der Waals surface area contributed by atoms with E-state index in [0.717, 1.165) is 5.56 Å². The van der Waals surface area contributed by atoms with E-state index in [1.54, 1.807) is 21.3 Å².